The highest BCUT2D eigenvalue weighted by Gasteiger charge is 2.01. The standard InChI is InChI=1S/C11H18N2O2S/c1-3-9-4-5-10(16-9)8-13-11(14)12-6-7-15-2/h4-5H,3,6-8H2,1-2H3,(H2,12,13,14). The van der Waals surface area contributed by atoms with Crippen molar-refractivity contribution in [3.05, 3.63) is 21.9 Å². The maximum Gasteiger partial charge on any atom is 0.315 e. The van der Waals surface area contributed by atoms with E-state index < -0.39 is 0 Å². The van der Waals surface area contributed by atoms with Gasteiger partial charge in [-0.1, -0.05) is 6.92 Å². The van der Waals surface area contributed by atoms with Crippen molar-refractivity contribution < 1.29 is 9.53 Å². The molecule has 0 fully saturated rings. The SMILES string of the molecule is CCc1ccc(CNC(=O)NCCOC)s1. The number of urea groups is 1. The Morgan fingerprint density at radius 1 is 1.38 bits per heavy atom. The topological polar surface area (TPSA) is 50.4 Å². The molecule has 5 heteroatoms. The van der Waals surface area contributed by atoms with E-state index in [1.807, 2.05) is 0 Å². The monoisotopic (exact) mass is 242 g/mol. The number of methoxy groups -OCH3 is 1. The number of carbonyl (C=O) groups is 1. The molecule has 0 aliphatic rings. The first-order valence-electron chi connectivity index (χ1n) is 5.34. The van der Waals surface area contributed by atoms with Crippen molar-refractivity contribution in [1.82, 2.24) is 10.6 Å². The van der Waals surface area contributed by atoms with E-state index in [4.69, 9.17) is 4.74 Å². The molecule has 0 aliphatic heterocycles. The number of ether oxygens (including phenoxy) is 1. The van der Waals surface area contributed by atoms with Crippen molar-refractivity contribution in [1.29, 1.82) is 0 Å². The fourth-order valence-electron chi connectivity index (χ4n) is 1.20. The van der Waals surface area contributed by atoms with Gasteiger partial charge in [0.1, 0.15) is 0 Å². The summed E-state index contributed by atoms with van der Waals surface area (Å²) in [6, 6.07) is 4.01. The van der Waals surface area contributed by atoms with Crippen LogP contribution >= 0.6 is 11.3 Å². The summed E-state index contributed by atoms with van der Waals surface area (Å²) in [6.45, 7) is 3.78. The molecule has 4 nitrogen and oxygen atoms in total. The summed E-state index contributed by atoms with van der Waals surface area (Å²) >= 11 is 1.74. The minimum atomic E-state index is -0.150. The summed E-state index contributed by atoms with van der Waals surface area (Å²) in [5.41, 5.74) is 0. The largest absolute Gasteiger partial charge is 0.383 e. The van der Waals surface area contributed by atoms with E-state index in [-0.39, 0.29) is 6.03 Å². The van der Waals surface area contributed by atoms with Gasteiger partial charge in [-0.3, -0.25) is 0 Å². The molecule has 0 saturated carbocycles. The maximum absolute atomic E-state index is 11.3. The molecule has 0 atom stereocenters. The lowest BCUT2D eigenvalue weighted by atomic mass is 10.4. The zero-order valence-corrected chi connectivity index (χ0v) is 10.5. The van der Waals surface area contributed by atoms with E-state index >= 15 is 0 Å². The fraction of sp³-hybridized carbons (Fsp3) is 0.545. The number of carbonyl (C=O) groups excluding carboxylic acids is 1. The highest BCUT2D eigenvalue weighted by molar-refractivity contribution is 7.11. The summed E-state index contributed by atoms with van der Waals surface area (Å²) in [4.78, 5) is 13.8. The maximum atomic E-state index is 11.3. The van der Waals surface area contributed by atoms with E-state index in [9.17, 15) is 4.79 Å². The average Bonchev–Trinajstić information content (AvgIpc) is 2.74. The molecule has 0 saturated heterocycles. The summed E-state index contributed by atoms with van der Waals surface area (Å²) in [7, 11) is 1.61. The third kappa shape index (κ3) is 4.63. The van der Waals surface area contributed by atoms with Gasteiger partial charge in [0, 0.05) is 23.4 Å². The fourth-order valence-corrected chi connectivity index (χ4v) is 2.10. The molecule has 1 rings (SSSR count). The Balaban J connectivity index is 2.20. The van der Waals surface area contributed by atoms with Crippen LogP contribution in [0.4, 0.5) is 4.79 Å². The van der Waals surface area contributed by atoms with Gasteiger partial charge in [-0.2, -0.15) is 0 Å². The van der Waals surface area contributed by atoms with Gasteiger partial charge in [-0.05, 0) is 18.6 Å². The lowest BCUT2D eigenvalue weighted by Gasteiger charge is -2.05. The second-order valence-electron chi connectivity index (χ2n) is 3.32. The third-order valence-corrected chi connectivity index (χ3v) is 3.31. The van der Waals surface area contributed by atoms with Crippen molar-refractivity contribution in [2.75, 3.05) is 20.3 Å². The van der Waals surface area contributed by atoms with Gasteiger partial charge in [0.25, 0.3) is 0 Å². The Morgan fingerprint density at radius 3 is 2.75 bits per heavy atom. The molecule has 0 spiro atoms. The Bertz CT molecular complexity index is 326. The molecule has 0 unspecified atom stereocenters. The van der Waals surface area contributed by atoms with Gasteiger partial charge in [0.2, 0.25) is 0 Å². The zero-order chi connectivity index (χ0) is 11.8. The van der Waals surface area contributed by atoms with E-state index in [0.717, 1.165) is 6.42 Å². The lowest BCUT2D eigenvalue weighted by molar-refractivity contribution is 0.196. The molecular formula is C11H18N2O2S. The smallest absolute Gasteiger partial charge is 0.315 e. The number of hydrogen-bond acceptors (Lipinski definition) is 3. The van der Waals surface area contributed by atoms with Gasteiger partial charge in [-0.15, -0.1) is 11.3 Å². The van der Waals surface area contributed by atoms with Gasteiger partial charge in [0.05, 0.1) is 13.2 Å². The molecule has 0 bridgehead atoms. The molecule has 90 valence electrons. The molecule has 2 N–H and O–H groups in total. The van der Waals surface area contributed by atoms with Crippen LogP contribution in [0.5, 0.6) is 0 Å². The molecule has 16 heavy (non-hydrogen) atoms. The second-order valence-corrected chi connectivity index (χ2v) is 4.58. The van der Waals surface area contributed by atoms with Crippen molar-refractivity contribution in [2.45, 2.75) is 19.9 Å². The number of thiophene rings is 1. The molecule has 0 aromatic carbocycles. The minimum Gasteiger partial charge on any atom is -0.383 e. The van der Waals surface area contributed by atoms with E-state index in [2.05, 4.69) is 29.7 Å². The van der Waals surface area contributed by atoms with E-state index in [0.29, 0.717) is 19.7 Å². The number of aryl methyl sites for hydroxylation is 1. The van der Waals surface area contributed by atoms with Crippen LogP contribution < -0.4 is 10.6 Å². The van der Waals surface area contributed by atoms with Crippen molar-refractivity contribution in [3.8, 4) is 0 Å². The Labute approximate surface area is 100 Å². The van der Waals surface area contributed by atoms with Crippen LogP contribution in [0.2, 0.25) is 0 Å². The van der Waals surface area contributed by atoms with Gasteiger partial charge in [-0.25, -0.2) is 4.79 Å². The first-order chi connectivity index (χ1) is 7.76. The Kier molecular flexibility index (Phi) is 5.88. The first kappa shape index (κ1) is 13.0. The van der Waals surface area contributed by atoms with Crippen molar-refractivity contribution in [2.24, 2.45) is 0 Å². The van der Waals surface area contributed by atoms with Gasteiger partial charge in [0.15, 0.2) is 0 Å². The predicted octanol–water partition coefficient (Wildman–Crippen LogP) is 1.76. The van der Waals surface area contributed by atoms with Crippen molar-refractivity contribution >= 4 is 17.4 Å². The number of rotatable bonds is 6. The quantitative estimate of drug-likeness (QED) is 0.747. The number of hydrogen-bond donors (Lipinski definition) is 2. The zero-order valence-electron chi connectivity index (χ0n) is 9.71. The van der Waals surface area contributed by atoms with Gasteiger partial charge < -0.3 is 15.4 Å². The summed E-state index contributed by atoms with van der Waals surface area (Å²) in [5.74, 6) is 0. The number of nitrogens with one attached hydrogen (secondary N) is 2. The van der Waals surface area contributed by atoms with Crippen molar-refractivity contribution in [3.63, 3.8) is 0 Å². The molecular weight excluding hydrogens is 224 g/mol. The highest BCUT2D eigenvalue weighted by Crippen LogP contribution is 2.16. The van der Waals surface area contributed by atoms with Crippen LogP contribution in [-0.2, 0) is 17.7 Å². The van der Waals surface area contributed by atoms with E-state index in [1.54, 1.807) is 18.4 Å². The van der Waals surface area contributed by atoms with Crippen LogP contribution in [0.3, 0.4) is 0 Å². The minimum absolute atomic E-state index is 0.150. The van der Waals surface area contributed by atoms with Crippen LogP contribution in [0.1, 0.15) is 16.7 Å². The normalized spacial score (nSPS) is 10.1. The lowest BCUT2D eigenvalue weighted by Crippen LogP contribution is -2.36. The van der Waals surface area contributed by atoms with Gasteiger partial charge >= 0.3 is 6.03 Å². The summed E-state index contributed by atoms with van der Waals surface area (Å²) < 4.78 is 4.83. The molecule has 0 radical (unpaired) electrons. The van der Waals surface area contributed by atoms with Crippen LogP contribution in [0, 0.1) is 0 Å². The second kappa shape index (κ2) is 7.24. The highest BCUT2D eigenvalue weighted by atomic mass is 32.1. The molecule has 0 aliphatic carbocycles. The Hall–Kier alpha value is -1.07. The first-order valence-corrected chi connectivity index (χ1v) is 6.16. The number of amides is 2. The van der Waals surface area contributed by atoms with E-state index in [1.165, 1.54) is 9.75 Å². The summed E-state index contributed by atoms with van der Waals surface area (Å²) in [6.07, 6.45) is 1.05. The molecule has 1 aromatic heterocycles. The predicted molar refractivity (Wildman–Crippen MR) is 65.8 cm³/mol. The molecule has 2 amide bonds. The van der Waals surface area contributed by atoms with Crippen LogP contribution in [-0.4, -0.2) is 26.3 Å². The Morgan fingerprint density at radius 2 is 2.12 bits per heavy atom. The summed E-state index contributed by atoms with van der Waals surface area (Å²) in [5, 5.41) is 5.50. The van der Waals surface area contributed by atoms with Crippen LogP contribution in [0.15, 0.2) is 12.1 Å². The average molecular weight is 242 g/mol. The molecule has 1 heterocycles. The molecule has 1 aromatic rings. The third-order valence-electron chi connectivity index (χ3n) is 2.08. The van der Waals surface area contributed by atoms with Crippen LogP contribution in [0.25, 0.3) is 0 Å².